The Morgan fingerprint density at radius 3 is 2.82 bits per heavy atom. The fourth-order valence-corrected chi connectivity index (χ4v) is 4.35. The number of amides is 1. The van der Waals surface area contributed by atoms with Gasteiger partial charge in [-0.1, -0.05) is 31.0 Å². The highest BCUT2D eigenvalue weighted by molar-refractivity contribution is 8.00. The first kappa shape index (κ1) is 15.8. The predicted octanol–water partition coefficient (Wildman–Crippen LogP) is 2.27. The summed E-state index contributed by atoms with van der Waals surface area (Å²) in [6.07, 6.45) is 5.18. The van der Waals surface area contributed by atoms with Gasteiger partial charge in [0.1, 0.15) is 0 Å². The second-order valence-corrected chi connectivity index (χ2v) is 7.37. The van der Waals surface area contributed by atoms with Crippen molar-refractivity contribution in [3.05, 3.63) is 30.3 Å². The van der Waals surface area contributed by atoms with Crippen LogP contribution in [-0.4, -0.2) is 42.2 Å². The molecule has 5 heteroatoms. The van der Waals surface area contributed by atoms with Crippen LogP contribution in [0, 0.1) is 5.92 Å². The summed E-state index contributed by atoms with van der Waals surface area (Å²) in [5.74, 6) is 1.38. The molecule has 0 radical (unpaired) electrons. The Labute approximate surface area is 137 Å². The topological polar surface area (TPSA) is 44.4 Å². The van der Waals surface area contributed by atoms with Crippen molar-refractivity contribution in [2.24, 2.45) is 5.92 Å². The first-order valence-corrected chi connectivity index (χ1v) is 9.15. The number of carbonyl (C=O) groups excluding carboxylic acids is 1. The Balaban J connectivity index is 1.47. The Bertz CT molecular complexity index is 496. The van der Waals surface area contributed by atoms with Gasteiger partial charge in [-0.3, -0.25) is 15.6 Å². The van der Waals surface area contributed by atoms with E-state index in [1.54, 1.807) is 11.8 Å². The van der Waals surface area contributed by atoms with Gasteiger partial charge in [-0.25, -0.2) is 0 Å². The number of nitrogens with one attached hydrogen (secondary N) is 2. The molecule has 22 heavy (non-hydrogen) atoms. The van der Waals surface area contributed by atoms with Crippen LogP contribution in [-0.2, 0) is 4.79 Å². The number of hydrazine groups is 1. The van der Waals surface area contributed by atoms with Crippen molar-refractivity contribution in [2.75, 3.05) is 19.3 Å². The summed E-state index contributed by atoms with van der Waals surface area (Å²) < 4.78 is 0. The molecule has 2 N–H and O–H groups in total. The van der Waals surface area contributed by atoms with Gasteiger partial charge in [-0.2, -0.15) is 0 Å². The van der Waals surface area contributed by atoms with Crippen molar-refractivity contribution in [3.8, 4) is 0 Å². The van der Waals surface area contributed by atoms with E-state index >= 15 is 0 Å². The van der Waals surface area contributed by atoms with Gasteiger partial charge < -0.3 is 4.90 Å². The van der Waals surface area contributed by atoms with Crippen molar-refractivity contribution in [3.63, 3.8) is 0 Å². The molecule has 1 aromatic carbocycles. The maximum Gasteiger partial charge on any atom is 0.232 e. The van der Waals surface area contributed by atoms with E-state index < -0.39 is 0 Å². The minimum atomic E-state index is 0.204. The predicted molar refractivity (Wildman–Crippen MR) is 90.6 cm³/mol. The van der Waals surface area contributed by atoms with E-state index in [9.17, 15) is 4.79 Å². The third-order valence-corrected chi connectivity index (χ3v) is 5.79. The van der Waals surface area contributed by atoms with Crippen molar-refractivity contribution in [2.45, 2.75) is 42.7 Å². The van der Waals surface area contributed by atoms with E-state index in [2.05, 4.69) is 10.9 Å². The van der Waals surface area contributed by atoms with Gasteiger partial charge >= 0.3 is 0 Å². The molecule has 120 valence electrons. The zero-order valence-electron chi connectivity index (χ0n) is 13.1. The second kappa shape index (κ2) is 7.49. The maximum atomic E-state index is 12.3. The molecule has 1 aliphatic carbocycles. The molecule has 1 amide bonds. The summed E-state index contributed by atoms with van der Waals surface area (Å²) in [4.78, 5) is 15.4. The molecule has 1 saturated heterocycles. The van der Waals surface area contributed by atoms with Crippen LogP contribution in [0.25, 0.3) is 0 Å². The van der Waals surface area contributed by atoms with E-state index in [0.29, 0.717) is 23.8 Å². The summed E-state index contributed by atoms with van der Waals surface area (Å²) in [5, 5.41) is 0. The molecule has 2 fully saturated rings. The third-order valence-electron chi connectivity index (χ3n) is 4.79. The van der Waals surface area contributed by atoms with Crippen LogP contribution in [0.15, 0.2) is 35.2 Å². The Kier molecular flexibility index (Phi) is 5.39. The number of thioether (sulfide) groups is 1. The van der Waals surface area contributed by atoms with Crippen LogP contribution in [0.1, 0.15) is 25.7 Å². The molecule has 4 nitrogen and oxygen atoms in total. The molecule has 0 aromatic heterocycles. The van der Waals surface area contributed by atoms with Gasteiger partial charge in [0.05, 0.1) is 5.75 Å². The van der Waals surface area contributed by atoms with Gasteiger partial charge in [-0.15, -0.1) is 11.8 Å². The van der Waals surface area contributed by atoms with Crippen molar-refractivity contribution >= 4 is 17.7 Å². The average molecular weight is 319 g/mol. The Hall–Kier alpha value is -1.04. The van der Waals surface area contributed by atoms with E-state index in [-0.39, 0.29) is 5.91 Å². The molecular formula is C17H25N3OS. The number of rotatable bonds is 5. The molecule has 1 aromatic rings. The first-order chi connectivity index (χ1) is 10.7. The largest absolute Gasteiger partial charge is 0.343 e. The van der Waals surface area contributed by atoms with E-state index in [1.807, 2.05) is 42.3 Å². The van der Waals surface area contributed by atoms with Crippen molar-refractivity contribution < 1.29 is 4.79 Å². The van der Waals surface area contributed by atoms with E-state index in [1.165, 1.54) is 25.7 Å². The lowest BCUT2D eigenvalue weighted by Crippen LogP contribution is -2.43. The fourth-order valence-electron chi connectivity index (χ4n) is 3.49. The Morgan fingerprint density at radius 1 is 1.23 bits per heavy atom. The smallest absolute Gasteiger partial charge is 0.232 e. The maximum absolute atomic E-state index is 12.3. The summed E-state index contributed by atoms with van der Waals surface area (Å²) >= 11 is 1.61. The van der Waals surface area contributed by atoms with Crippen LogP contribution in [0.3, 0.4) is 0 Å². The van der Waals surface area contributed by atoms with Gasteiger partial charge in [-0.05, 0) is 30.9 Å². The number of hydrogen-bond donors (Lipinski definition) is 2. The van der Waals surface area contributed by atoms with E-state index in [4.69, 9.17) is 0 Å². The quantitative estimate of drug-likeness (QED) is 0.817. The van der Waals surface area contributed by atoms with Crippen molar-refractivity contribution in [1.82, 2.24) is 15.8 Å². The molecule has 3 atom stereocenters. The minimum absolute atomic E-state index is 0.204. The lowest BCUT2D eigenvalue weighted by molar-refractivity contribution is -0.127. The van der Waals surface area contributed by atoms with Crippen LogP contribution in [0.2, 0.25) is 0 Å². The minimum Gasteiger partial charge on any atom is -0.343 e. The van der Waals surface area contributed by atoms with Crippen molar-refractivity contribution in [1.29, 1.82) is 0 Å². The average Bonchev–Trinajstić information content (AvgIpc) is 2.97. The molecule has 3 rings (SSSR count). The highest BCUT2D eigenvalue weighted by Crippen LogP contribution is 2.30. The highest BCUT2D eigenvalue weighted by atomic mass is 32.2. The molecule has 1 saturated carbocycles. The molecule has 0 spiro atoms. The van der Waals surface area contributed by atoms with E-state index in [0.717, 1.165) is 11.4 Å². The third kappa shape index (κ3) is 3.83. The molecule has 2 aliphatic rings. The SMILES string of the molecule is CN(CC1NNC2CCCCC21)C(=O)CSc1ccccc1. The number of fused-ring (bicyclic) bond motifs is 1. The van der Waals surface area contributed by atoms with Crippen LogP contribution < -0.4 is 10.9 Å². The van der Waals surface area contributed by atoms with Crippen LogP contribution >= 0.6 is 11.8 Å². The lowest BCUT2D eigenvalue weighted by atomic mass is 9.81. The van der Waals surface area contributed by atoms with Crippen LogP contribution in [0.4, 0.5) is 0 Å². The number of nitrogens with zero attached hydrogens (tertiary/aromatic N) is 1. The first-order valence-electron chi connectivity index (χ1n) is 8.17. The zero-order chi connectivity index (χ0) is 15.4. The number of hydrogen-bond acceptors (Lipinski definition) is 4. The molecule has 0 bridgehead atoms. The fraction of sp³-hybridized carbons (Fsp3) is 0.588. The van der Waals surface area contributed by atoms with Gasteiger partial charge in [0.15, 0.2) is 0 Å². The summed E-state index contributed by atoms with van der Waals surface area (Å²) in [6, 6.07) is 11.1. The molecule has 1 heterocycles. The summed E-state index contributed by atoms with van der Waals surface area (Å²) in [7, 11) is 1.92. The number of benzene rings is 1. The zero-order valence-corrected chi connectivity index (χ0v) is 13.9. The molecule has 1 aliphatic heterocycles. The highest BCUT2D eigenvalue weighted by Gasteiger charge is 2.37. The molecular weight excluding hydrogens is 294 g/mol. The number of likely N-dealkylation sites (N-methyl/N-ethyl adjacent to an activating group) is 1. The lowest BCUT2D eigenvalue weighted by Gasteiger charge is -2.29. The normalized spacial score (nSPS) is 27.4. The standard InChI is InChI=1S/C17H25N3OS/c1-20(17(21)12-22-13-7-3-2-4-8-13)11-16-14-9-5-6-10-15(14)18-19-16/h2-4,7-8,14-16,18-19H,5-6,9-12H2,1H3. The number of carbonyl (C=O) groups is 1. The van der Waals surface area contributed by atoms with Gasteiger partial charge in [0, 0.05) is 30.6 Å². The summed E-state index contributed by atoms with van der Waals surface area (Å²) in [6.45, 7) is 0.794. The van der Waals surface area contributed by atoms with Gasteiger partial charge in [0.2, 0.25) is 5.91 Å². The van der Waals surface area contributed by atoms with Gasteiger partial charge in [0.25, 0.3) is 0 Å². The monoisotopic (exact) mass is 319 g/mol. The Morgan fingerprint density at radius 2 is 2.00 bits per heavy atom. The molecule has 3 unspecified atom stereocenters. The second-order valence-electron chi connectivity index (χ2n) is 6.33. The van der Waals surface area contributed by atoms with Crippen LogP contribution in [0.5, 0.6) is 0 Å². The summed E-state index contributed by atoms with van der Waals surface area (Å²) in [5.41, 5.74) is 6.83.